The largest absolute Gasteiger partial charge is 0.444 e. The molecule has 7 rings (SSSR count). The summed E-state index contributed by atoms with van der Waals surface area (Å²) in [7, 11) is -3.94. The third-order valence-corrected chi connectivity index (χ3v) is 12.8. The Balaban J connectivity index is 1.16. The molecule has 54 heavy (non-hydrogen) atoms. The van der Waals surface area contributed by atoms with Crippen molar-refractivity contribution < 1.29 is 36.7 Å². The van der Waals surface area contributed by atoms with E-state index in [0.29, 0.717) is 43.2 Å². The van der Waals surface area contributed by atoms with E-state index in [2.05, 4.69) is 20.7 Å². The predicted molar refractivity (Wildman–Crippen MR) is 195 cm³/mol. The van der Waals surface area contributed by atoms with Gasteiger partial charge < -0.3 is 25.6 Å². The molecule has 17 heteroatoms. The van der Waals surface area contributed by atoms with Gasteiger partial charge in [-0.15, -0.1) is 0 Å². The van der Waals surface area contributed by atoms with Gasteiger partial charge in [-0.1, -0.05) is 37.1 Å². The van der Waals surface area contributed by atoms with E-state index in [0.717, 1.165) is 6.42 Å². The quantitative estimate of drug-likeness (QED) is 0.227. The van der Waals surface area contributed by atoms with Crippen LogP contribution in [0.15, 0.2) is 39.9 Å². The second-order valence-electron chi connectivity index (χ2n) is 15.4. The fourth-order valence-corrected chi connectivity index (χ4v) is 9.07. The summed E-state index contributed by atoms with van der Waals surface area (Å²) < 4.78 is 48.0. The van der Waals surface area contributed by atoms with Gasteiger partial charge in [-0.3, -0.25) is 33.6 Å². The van der Waals surface area contributed by atoms with Crippen molar-refractivity contribution in [2.24, 2.45) is 5.92 Å². The van der Waals surface area contributed by atoms with Crippen LogP contribution in [0.25, 0.3) is 0 Å². The minimum absolute atomic E-state index is 0.0168. The van der Waals surface area contributed by atoms with Crippen molar-refractivity contribution in [1.82, 2.24) is 19.8 Å². The maximum Gasteiger partial charge on any atom is 0.410 e. The highest BCUT2D eigenvalue weighted by Gasteiger charge is 2.62. The van der Waals surface area contributed by atoms with Crippen LogP contribution in [0, 0.1) is 11.7 Å². The van der Waals surface area contributed by atoms with Gasteiger partial charge in [0.25, 0.3) is 16.8 Å². The summed E-state index contributed by atoms with van der Waals surface area (Å²) >= 11 is 0. The molecule has 2 aromatic rings. The second kappa shape index (κ2) is 14.5. The summed E-state index contributed by atoms with van der Waals surface area (Å²) in [6.07, 6.45) is 5.72. The summed E-state index contributed by atoms with van der Waals surface area (Å²) in [5, 5.41) is 8.06. The average molecular weight is 769 g/mol. The fourth-order valence-electron chi connectivity index (χ4n) is 7.70. The number of benzene rings is 1. The molecule has 5 aliphatic rings. The van der Waals surface area contributed by atoms with E-state index in [1.165, 1.54) is 15.9 Å². The number of allylic oxidation sites excluding steroid dienone is 1. The molecule has 3 aliphatic heterocycles. The Bertz CT molecular complexity index is 2080. The van der Waals surface area contributed by atoms with Crippen LogP contribution in [0.3, 0.4) is 0 Å². The number of carbonyl (C=O) groups excluding carboxylic acids is 4. The highest BCUT2D eigenvalue weighted by Crippen LogP contribution is 2.46. The molecule has 4 amide bonds. The molecule has 5 atom stereocenters. The molecule has 0 spiro atoms. The number of nitrogens with zero attached hydrogens (tertiary/aromatic N) is 2. The van der Waals surface area contributed by atoms with Gasteiger partial charge in [0.05, 0.1) is 18.3 Å². The van der Waals surface area contributed by atoms with Gasteiger partial charge in [-0.2, -0.15) is 0 Å². The highest BCUT2D eigenvalue weighted by atomic mass is 32.2. The number of anilines is 2. The Morgan fingerprint density at radius 1 is 1.02 bits per heavy atom. The highest BCUT2D eigenvalue weighted by molar-refractivity contribution is 7.91. The van der Waals surface area contributed by atoms with Gasteiger partial charge in [0, 0.05) is 30.5 Å². The van der Waals surface area contributed by atoms with Crippen LogP contribution in [-0.2, 0) is 42.2 Å². The molecule has 3 heterocycles. The summed E-state index contributed by atoms with van der Waals surface area (Å²) in [5.41, 5.74) is -1.99. The van der Waals surface area contributed by atoms with Gasteiger partial charge in [0.2, 0.25) is 21.8 Å². The molecule has 0 unspecified atom stereocenters. The Kier molecular flexibility index (Phi) is 10.0. The van der Waals surface area contributed by atoms with Crippen molar-refractivity contribution >= 4 is 45.2 Å². The molecule has 2 aliphatic carbocycles. The Labute approximate surface area is 311 Å². The number of amides is 4. The van der Waals surface area contributed by atoms with Gasteiger partial charge in [0.1, 0.15) is 40.9 Å². The van der Waals surface area contributed by atoms with Crippen molar-refractivity contribution in [1.29, 1.82) is 0 Å². The molecule has 15 nitrogen and oxygen atoms in total. The van der Waals surface area contributed by atoms with Crippen molar-refractivity contribution in [3.8, 4) is 0 Å². The predicted octanol–water partition coefficient (Wildman–Crippen LogP) is 2.15. The zero-order valence-corrected chi connectivity index (χ0v) is 31.0. The van der Waals surface area contributed by atoms with Crippen molar-refractivity contribution in [2.45, 2.75) is 120 Å². The van der Waals surface area contributed by atoms with Crippen LogP contribution in [0.5, 0.6) is 0 Å². The summed E-state index contributed by atoms with van der Waals surface area (Å²) in [6.45, 7) is 3.49. The fraction of sp³-hybridized carbons (Fsp3) is 0.568. The molecular weight excluding hydrogens is 724 g/mol. The molecule has 3 fully saturated rings. The minimum Gasteiger partial charge on any atom is -0.444 e. The standard InChI is InChI=1S/C37H45FN6O9S/c1-20(2)39-29-30(32(46)31(29)45)40-27-12-7-5-3-4-6-10-22-16-37(22,35(49)42-54(51,52)24-13-14-24)41-33(47)28-15-23(18-44(28)34(27)48)53-36(50)43-17-21-9-8-11-26(38)25(21)19-43/h6,8-11,20,22-24,27-28,39-40H,3-5,7,12-19H2,1-2H3,(H,41,47)(H,42,49)/b10-6-/t22-,23+,27-,28-,37+/m0/s1. The van der Waals surface area contributed by atoms with Crippen LogP contribution in [-0.4, -0.2) is 83.6 Å². The lowest BCUT2D eigenvalue weighted by atomic mass is 10.0. The van der Waals surface area contributed by atoms with E-state index in [9.17, 15) is 41.6 Å². The molecule has 0 bridgehead atoms. The zero-order chi connectivity index (χ0) is 38.5. The topological polar surface area (TPSA) is 200 Å². The van der Waals surface area contributed by atoms with Crippen LogP contribution >= 0.6 is 0 Å². The lowest BCUT2D eigenvalue weighted by molar-refractivity contribution is -0.140. The number of hydrogen-bond acceptors (Lipinski definition) is 11. The number of ether oxygens (including phenoxy) is 1. The van der Waals surface area contributed by atoms with Crippen molar-refractivity contribution in [2.75, 3.05) is 17.2 Å². The molecular formula is C37H45FN6O9S. The first-order valence-electron chi connectivity index (χ1n) is 18.6. The lowest BCUT2D eigenvalue weighted by Crippen LogP contribution is -2.57. The van der Waals surface area contributed by atoms with E-state index in [1.54, 1.807) is 26.0 Å². The zero-order valence-electron chi connectivity index (χ0n) is 30.2. The number of nitrogens with one attached hydrogen (secondary N) is 4. The first kappa shape index (κ1) is 37.5. The first-order chi connectivity index (χ1) is 25.7. The van der Waals surface area contributed by atoms with E-state index in [1.807, 2.05) is 12.2 Å². The number of carbonyl (C=O) groups is 4. The van der Waals surface area contributed by atoms with E-state index in [4.69, 9.17) is 4.74 Å². The molecule has 2 saturated carbocycles. The Morgan fingerprint density at radius 3 is 2.50 bits per heavy atom. The lowest BCUT2D eigenvalue weighted by Gasteiger charge is -2.31. The van der Waals surface area contributed by atoms with Crippen molar-refractivity contribution in [3.05, 3.63) is 67.7 Å². The summed E-state index contributed by atoms with van der Waals surface area (Å²) in [6, 6.07) is 2.10. The van der Waals surface area contributed by atoms with Gasteiger partial charge in [0.15, 0.2) is 0 Å². The smallest absolute Gasteiger partial charge is 0.410 e. The molecule has 4 N–H and O–H groups in total. The molecule has 1 saturated heterocycles. The Morgan fingerprint density at radius 2 is 1.78 bits per heavy atom. The van der Waals surface area contributed by atoms with Crippen LogP contribution < -0.4 is 31.5 Å². The Hall–Kier alpha value is -4.80. The summed E-state index contributed by atoms with van der Waals surface area (Å²) in [5.74, 6) is -3.11. The minimum atomic E-state index is -3.94. The van der Waals surface area contributed by atoms with Crippen molar-refractivity contribution in [3.63, 3.8) is 0 Å². The van der Waals surface area contributed by atoms with Crippen LogP contribution in [0.4, 0.5) is 20.6 Å². The van der Waals surface area contributed by atoms with Crippen LogP contribution in [0.1, 0.15) is 82.8 Å². The normalized spacial score (nSPS) is 27.9. The van der Waals surface area contributed by atoms with E-state index < -0.39 is 85.4 Å². The average Bonchev–Trinajstić information content (AvgIpc) is 4.01. The molecule has 2 aromatic carbocycles. The number of fused-ring (bicyclic) bond motifs is 3. The van der Waals surface area contributed by atoms with Gasteiger partial charge in [-0.05, 0) is 64.0 Å². The SMILES string of the molecule is CC(C)Nc1c(N[C@H]2CCCCC/C=C\[C@H]3C[C@@]3(C(=O)NS(=O)(=O)C3CC3)NC(=O)[C@@H]3C[C@@H](OC(=O)N4Cc5cccc(F)c5C4)CN3C2=O)c(=O)c1=O. The number of rotatable bonds is 8. The van der Waals surface area contributed by atoms with Gasteiger partial charge >= 0.3 is 6.09 Å². The van der Waals surface area contributed by atoms with E-state index in [-0.39, 0.29) is 56.3 Å². The number of hydrogen-bond donors (Lipinski definition) is 4. The van der Waals surface area contributed by atoms with E-state index >= 15 is 0 Å². The van der Waals surface area contributed by atoms with Crippen LogP contribution in [0.2, 0.25) is 0 Å². The monoisotopic (exact) mass is 768 g/mol. The maximum atomic E-state index is 14.5. The third-order valence-electron chi connectivity index (χ3n) is 11.0. The number of halogens is 1. The third kappa shape index (κ3) is 7.33. The first-order valence-corrected chi connectivity index (χ1v) is 20.2. The molecule has 0 aromatic heterocycles. The maximum absolute atomic E-state index is 14.5. The van der Waals surface area contributed by atoms with Gasteiger partial charge in [-0.25, -0.2) is 17.6 Å². The molecule has 290 valence electrons. The second-order valence-corrected chi connectivity index (χ2v) is 17.4. The summed E-state index contributed by atoms with van der Waals surface area (Å²) in [4.78, 5) is 83.6. The molecule has 0 radical (unpaired) electrons. The number of sulfonamides is 1.